The van der Waals surface area contributed by atoms with E-state index in [2.05, 4.69) is 16.5 Å². The molecule has 2 unspecified atom stereocenters. The van der Waals surface area contributed by atoms with Crippen molar-refractivity contribution >= 4 is 22.6 Å². The number of methoxy groups -OCH3 is 2. The fourth-order valence-electron chi connectivity index (χ4n) is 2.51. The summed E-state index contributed by atoms with van der Waals surface area (Å²) in [6, 6.07) is 6.15. The smallest absolute Gasteiger partial charge is 0.146 e. The number of nitrogens with zero attached hydrogens (tertiary/aromatic N) is 2. The molecule has 1 aromatic carbocycles. The lowest BCUT2D eigenvalue weighted by atomic mass is 10.2. The number of fused-ring (bicyclic) bond motifs is 1. The van der Waals surface area contributed by atoms with Gasteiger partial charge in [0, 0.05) is 7.11 Å². The van der Waals surface area contributed by atoms with Gasteiger partial charge in [0.15, 0.2) is 0 Å². The lowest BCUT2D eigenvalue weighted by molar-refractivity contribution is 0.153. The molecule has 4 nitrogen and oxygen atoms in total. The maximum atomic E-state index is 6.31. The van der Waals surface area contributed by atoms with Crippen LogP contribution in [0.5, 0.6) is 5.75 Å². The van der Waals surface area contributed by atoms with Crippen LogP contribution in [0.2, 0.25) is 0 Å². The van der Waals surface area contributed by atoms with Gasteiger partial charge >= 0.3 is 0 Å². The van der Waals surface area contributed by atoms with E-state index in [1.165, 1.54) is 0 Å². The molecule has 0 saturated heterocycles. The van der Waals surface area contributed by atoms with Crippen LogP contribution in [0.25, 0.3) is 11.0 Å². The Morgan fingerprint density at radius 2 is 2.10 bits per heavy atom. The number of para-hydroxylation sites is 1. The molecule has 0 bridgehead atoms. The Morgan fingerprint density at radius 3 is 2.65 bits per heavy atom. The molecular formula is C15H21ClN2O2. The highest BCUT2D eigenvalue weighted by Gasteiger charge is 2.22. The van der Waals surface area contributed by atoms with Crippen molar-refractivity contribution in [1.29, 1.82) is 0 Å². The fourth-order valence-corrected chi connectivity index (χ4v) is 2.66. The van der Waals surface area contributed by atoms with E-state index in [1.807, 2.05) is 25.1 Å². The Morgan fingerprint density at radius 1 is 1.35 bits per heavy atom. The maximum Gasteiger partial charge on any atom is 0.146 e. The van der Waals surface area contributed by atoms with Crippen LogP contribution >= 0.6 is 11.6 Å². The van der Waals surface area contributed by atoms with Crippen LogP contribution in [0, 0.1) is 0 Å². The third kappa shape index (κ3) is 2.63. The average Bonchev–Trinajstić information content (AvgIpc) is 2.84. The van der Waals surface area contributed by atoms with E-state index in [0.717, 1.165) is 29.0 Å². The van der Waals surface area contributed by atoms with E-state index in [1.54, 1.807) is 14.2 Å². The summed E-state index contributed by atoms with van der Waals surface area (Å²) in [5.41, 5.74) is 1.89. The van der Waals surface area contributed by atoms with Gasteiger partial charge in [-0.1, -0.05) is 13.0 Å². The SMILES string of the molecule is CCC(COC)n1c(C(C)Cl)nc2c(OC)cccc21. The molecule has 0 aliphatic rings. The van der Waals surface area contributed by atoms with E-state index < -0.39 is 0 Å². The van der Waals surface area contributed by atoms with Crippen molar-refractivity contribution in [3.8, 4) is 5.75 Å². The molecular weight excluding hydrogens is 276 g/mol. The van der Waals surface area contributed by atoms with E-state index in [0.29, 0.717) is 6.61 Å². The van der Waals surface area contributed by atoms with E-state index in [4.69, 9.17) is 21.1 Å². The minimum Gasteiger partial charge on any atom is -0.494 e. The number of benzene rings is 1. The van der Waals surface area contributed by atoms with Gasteiger partial charge in [0.25, 0.3) is 0 Å². The van der Waals surface area contributed by atoms with Gasteiger partial charge in [-0.3, -0.25) is 0 Å². The Labute approximate surface area is 124 Å². The number of alkyl halides is 1. The van der Waals surface area contributed by atoms with Gasteiger partial charge < -0.3 is 14.0 Å². The zero-order valence-corrected chi connectivity index (χ0v) is 13.1. The second-order valence-electron chi connectivity index (χ2n) is 4.80. The minimum absolute atomic E-state index is 0.169. The minimum atomic E-state index is -0.169. The van der Waals surface area contributed by atoms with Crippen molar-refractivity contribution in [2.24, 2.45) is 0 Å². The second-order valence-corrected chi connectivity index (χ2v) is 5.46. The van der Waals surface area contributed by atoms with Gasteiger partial charge in [-0.25, -0.2) is 4.98 Å². The number of imidazole rings is 1. The van der Waals surface area contributed by atoms with E-state index in [-0.39, 0.29) is 11.4 Å². The fraction of sp³-hybridized carbons (Fsp3) is 0.533. The molecule has 1 aromatic heterocycles. The van der Waals surface area contributed by atoms with Crippen LogP contribution in [-0.4, -0.2) is 30.4 Å². The normalized spacial score (nSPS) is 14.4. The van der Waals surface area contributed by atoms with Gasteiger partial charge in [-0.15, -0.1) is 11.6 Å². The van der Waals surface area contributed by atoms with Gasteiger partial charge in [-0.05, 0) is 25.5 Å². The molecule has 2 rings (SSSR count). The topological polar surface area (TPSA) is 36.3 Å². The summed E-state index contributed by atoms with van der Waals surface area (Å²) in [7, 11) is 3.37. The number of ether oxygens (including phenoxy) is 2. The molecule has 0 radical (unpaired) electrons. The molecule has 0 amide bonds. The first-order valence-corrected chi connectivity index (χ1v) is 7.25. The molecule has 110 valence electrons. The summed E-state index contributed by atoms with van der Waals surface area (Å²) in [5.74, 6) is 1.63. The third-order valence-electron chi connectivity index (χ3n) is 3.48. The first-order chi connectivity index (χ1) is 9.63. The average molecular weight is 297 g/mol. The molecule has 2 atom stereocenters. The van der Waals surface area contributed by atoms with Crippen LogP contribution in [0.4, 0.5) is 0 Å². The standard InChI is InChI=1S/C15H21ClN2O2/c1-5-11(9-19-3)18-12-7-6-8-13(20-4)14(12)17-15(18)10(2)16/h6-8,10-11H,5,9H2,1-4H3. The first-order valence-electron chi connectivity index (χ1n) is 6.81. The predicted octanol–water partition coefficient (Wildman–Crippen LogP) is 3.94. The Kier molecular flexibility index (Phi) is 4.89. The van der Waals surface area contributed by atoms with Gasteiger partial charge in [0.2, 0.25) is 0 Å². The molecule has 20 heavy (non-hydrogen) atoms. The van der Waals surface area contributed by atoms with Crippen LogP contribution in [-0.2, 0) is 4.74 Å². The number of rotatable bonds is 6. The van der Waals surface area contributed by atoms with Gasteiger partial charge in [0.05, 0.1) is 30.7 Å². The van der Waals surface area contributed by atoms with Crippen LogP contribution in [0.1, 0.15) is 37.5 Å². The van der Waals surface area contributed by atoms with Crippen molar-refractivity contribution in [3.63, 3.8) is 0 Å². The summed E-state index contributed by atoms with van der Waals surface area (Å²) in [4.78, 5) is 4.68. The Balaban J connectivity index is 2.68. The summed E-state index contributed by atoms with van der Waals surface area (Å²) >= 11 is 6.31. The molecule has 1 heterocycles. The molecule has 0 aliphatic carbocycles. The Hall–Kier alpha value is -1.26. The zero-order valence-electron chi connectivity index (χ0n) is 12.4. The molecule has 0 N–H and O–H groups in total. The van der Waals surface area contributed by atoms with Crippen LogP contribution in [0.15, 0.2) is 18.2 Å². The van der Waals surface area contributed by atoms with Crippen LogP contribution in [0.3, 0.4) is 0 Å². The predicted molar refractivity (Wildman–Crippen MR) is 81.8 cm³/mol. The van der Waals surface area contributed by atoms with E-state index in [9.17, 15) is 0 Å². The molecule has 0 aliphatic heterocycles. The summed E-state index contributed by atoms with van der Waals surface area (Å²) in [6.07, 6.45) is 0.952. The molecule has 5 heteroatoms. The quantitative estimate of drug-likeness (QED) is 0.758. The lowest BCUT2D eigenvalue weighted by Crippen LogP contribution is -2.16. The molecule has 0 spiro atoms. The first kappa shape index (κ1) is 15.1. The van der Waals surface area contributed by atoms with Crippen molar-refractivity contribution in [3.05, 3.63) is 24.0 Å². The molecule has 2 aromatic rings. The number of halogens is 1. The van der Waals surface area contributed by atoms with Gasteiger partial charge in [0.1, 0.15) is 17.1 Å². The number of aromatic nitrogens is 2. The summed E-state index contributed by atoms with van der Waals surface area (Å²) in [6.45, 7) is 4.71. The van der Waals surface area contributed by atoms with Crippen molar-refractivity contribution in [2.45, 2.75) is 31.7 Å². The summed E-state index contributed by atoms with van der Waals surface area (Å²) < 4.78 is 12.9. The van der Waals surface area contributed by atoms with Crippen molar-refractivity contribution < 1.29 is 9.47 Å². The van der Waals surface area contributed by atoms with Crippen molar-refractivity contribution in [2.75, 3.05) is 20.8 Å². The monoisotopic (exact) mass is 296 g/mol. The van der Waals surface area contributed by atoms with Crippen LogP contribution < -0.4 is 4.74 Å². The second kappa shape index (κ2) is 6.46. The zero-order chi connectivity index (χ0) is 14.7. The maximum absolute atomic E-state index is 6.31. The number of hydrogen-bond donors (Lipinski definition) is 0. The Bertz CT molecular complexity index is 581. The highest BCUT2D eigenvalue weighted by atomic mass is 35.5. The molecule has 0 fully saturated rings. The van der Waals surface area contributed by atoms with Crippen molar-refractivity contribution in [1.82, 2.24) is 9.55 Å². The lowest BCUT2D eigenvalue weighted by Gasteiger charge is -2.20. The molecule has 0 saturated carbocycles. The highest BCUT2D eigenvalue weighted by Crippen LogP contribution is 2.33. The highest BCUT2D eigenvalue weighted by molar-refractivity contribution is 6.20. The third-order valence-corrected chi connectivity index (χ3v) is 3.68. The largest absolute Gasteiger partial charge is 0.494 e. The van der Waals surface area contributed by atoms with E-state index >= 15 is 0 Å². The number of hydrogen-bond acceptors (Lipinski definition) is 3. The van der Waals surface area contributed by atoms with Gasteiger partial charge in [-0.2, -0.15) is 0 Å². The summed E-state index contributed by atoms with van der Waals surface area (Å²) in [5, 5.41) is -0.169.